The number of benzene rings is 3. The Hall–Kier alpha value is -4.06. The lowest BCUT2D eigenvalue weighted by molar-refractivity contribution is -0.131. The van der Waals surface area contributed by atoms with Gasteiger partial charge in [0.1, 0.15) is 17.2 Å². The average molecular weight is 492 g/mol. The number of ether oxygens (including phenoxy) is 1. The van der Waals surface area contributed by atoms with Gasteiger partial charge in [0.15, 0.2) is 0 Å². The van der Waals surface area contributed by atoms with E-state index in [4.69, 9.17) is 14.1 Å². The highest BCUT2D eigenvalue weighted by Gasteiger charge is 2.36. The number of rotatable bonds is 6. The van der Waals surface area contributed by atoms with Gasteiger partial charge in [0.2, 0.25) is 5.91 Å². The van der Waals surface area contributed by atoms with E-state index >= 15 is 0 Å². The van der Waals surface area contributed by atoms with Crippen LogP contribution in [0.2, 0.25) is 0 Å². The van der Waals surface area contributed by atoms with E-state index in [0.29, 0.717) is 11.8 Å². The minimum atomic E-state index is 0.278. The molecule has 0 unspecified atom stereocenters. The van der Waals surface area contributed by atoms with E-state index in [1.807, 2.05) is 24.3 Å². The number of imidazole rings is 1. The average Bonchev–Trinajstić information content (AvgIpc) is 3.33. The number of carbonyl (C=O) groups excluding carboxylic acids is 1. The summed E-state index contributed by atoms with van der Waals surface area (Å²) in [5.74, 6) is 2.81. The van der Waals surface area contributed by atoms with Gasteiger partial charge in [0, 0.05) is 42.6 Å². The van der Waals surface area contributed by atoms with E-state index in [-0.39, 0.29) is 5.92 Å². The highest BCUT2D eigenvalue weighted by Crippen LogP contribution is 2.35. The molecule has 0 spiro atoms. The van der Waals surface area contributed by atoms with Crippen LogP contribution in [-0.4, -0.2) is 40.6 Å². The molecule has 1 saturated heterocycles. The molecule has 1 saturated carbocycles. The van der Waals surface area contributed by atoms with Crippen molar-refractivity contribution >= 4 is 27.9 Å². The molecule has 6 nitrogen and oxygen atoms in total. The van der Waals surface area contributed by atoms with Crippen LogP contribution in [0.1, 0.15) is 19.3 Å². The fraction of sp³-hybridized carbons (Fsp3) is 0.290. The first kappa shape index (κ1) is 22.2. The Morgan fingerprint density at radius 3 is 2.59 bits per heavy atom. The first-order valence-corrected chi connectivity index (χ1v) is 13.1. The van der Waals surface area contributed by atoms with Gasteiger partial charge in [-0.05, 0) is 66.6 Å². The fourth-order valence-electron chi connectivity index (χ4n) is 5.62. The van der Waals surface area contributed by atoms with Crippen LogP contribution in [0.4, 0.5) is 0 Å². The molecule has 6 heteroatoms. The van der Waals surface area contributed by atoms with Crippen molar-refractivity contribution in [3.8, 4) is 28.3 Å². The highest BCUT2D eigenvalue weighted by molar-refractivity contribution is 5.85. The second kappa shape index (κ2) is 8.80. The normalized spacial score (nSPS) is 17.6. The topological polar surface area (TPSA) is 60.5 Å². The van der Waals surface area contributed by atoms with Gasteiger partial charge in [-0.15, -0.1) is 0 Å². The molecule has 2 aromatic heterocycles. The molecule has 186 valence electrons. The maximum absolute atomic E-state index is 12.6. The van der Waals surface area contributed by atoms with Gasteiger partial charge in [0.05, 0.1) is 24.4 Å². The van der Waals surface area contributed by atoms with Gasteiger partial charge in [-0.3, -0.25) is 4.79 Å². The second-order valence-electron chi connectivity index (χ2n) is 10.4. The van der Waals surface area contributed by atoms with Crippen LogP contribution in [0, 0.1) is 11.8 Å². The van der Waals surface area contributed by atoms with Crippen LogP contribution in [-0.2, 0) is 11.3 Å². The number of carbonyl (C=O) groups is 1. The lowest BCUT2D eigenvalue weighted by Crippen LogP contribution is -2.30. The monoisotopic (exact) mass is 491 g/mol. The quantitative estimate of drug-likeness (QED) is 0.276. The second-order valence-corrected chi connectivity index (χ2v) is 10.4. The lowest BCUT2D eigenvalue weighted by Gasteiger charge is -2.18. The van der Waals surface area contributed by atoms with Crippen LogP contribution < -0.4 is 4.74 Å². The molecule has 1 amide bonds. The third-order valence-corrected chi connectivity index (χ3v) is 7.85. The van der Waals surface area contributed by atoms with Crippen molar-refractivity contribution in [2.24, 2.45) is 11.8 Å². The molecule has 5 aromatic rings. The Kier molecular flexibility index (Phi) is 5.27. The van der Waals surface area contributed by atoms with E-state index in [1.54, 1.807) is 13.4 Å². The van der Waals surface area contributed by atoms with Gasteiger partial charge in [-0.25, -0.2) is 4.98 Å². The van der Waals surface area contributed by atoms with E-state index < -0.39 is 0 Å². The summed E-state index contributed by atoms with van der Waals surface area (Å²) in [5, 5.41) is 1.10. The van der Waals surface area contributed by atoms with Crippen LogP contribution in [0.3, 0.4) is 0 Å². The third-order valence-electron chi connectivity index (χ3n) is 7.85. The zero-order chi connectivity index (χ0) is 24.9. The molecular formula is C31H29N3O3. The van der Waals surface area contributed by atoms with Gasteiger partial charge in [0.25, 0.3) is 0 Å². The Morgan fingerprint density at radius 2 is 1.78 bits per heavy atom. The number of aromatic nitrogens is 2. The summed E-state index contributed by atoms with van der Waals surface area (Å²) < 4.78 is 13.3. The maximum atomic E-state index is 12.6. The summed E-state index contributed by atoms with van der Waals surface area (Å²) in [7, 11) is 1.70. The number of amides is 1. The number of hydrogen-bond acceptors (Lipinski definition) is 4. The van der Waals surface area contributed by atoms with E-state index in [0.717, 1.165) is 89.2 Å². The number of hydrogen-bond donors (Lipinski definition) is 0. The minimum absolute atomic E-state index is 0.278. The number of furan rings is 1. The van der Waals surface area contributed by atoms with Crippen LogP contribution in [0.5, 0.6) is 5.75 Å². The van der Waals surface area contributed by atoms with Gasteiger partial charge in [-0.1, -0.05) is 30.3 Å². The fourth-order valence-corrected chi connectivity index (χ4v) is 5.62. The van der Waals surface area contributed by atoms with Gasteiger partial charge in [-0.2, -0.15) is 0 Å². The van der Waals surface area contributed by atoms with Crippen LogP contribution in [0.15, 0.2) is 77.4 Å². The third kappa shape index (κ3) is 4.06. The molecule has 37 heavy (non-hydrogen) atoms. The standard InChI is InChI=1S/C31H29N3O3/c1-36-26-9-10-27-28(17-26)34(19-20-12-14-33(18-20)31(35)23-6-7-23)30(32-27)22-4-2-21(3-5-22)24-8-11-29-25(16-24)13-15-37-29/h2-5,8-11,13,15-17,20,23H,6-7,12,14,18-19H2,1H3/t20-/m0/s1. The molecule has 1 aliphatic heterocycles. The Bertz CT molecular complexity index is 1610. The molecule has 2 fully saturated rings. The SMILES string of the molecule is COc1ccc2nc(-c3ccc(-c4ccc5occc5c4)cc3)n(C[C@H]3CCN(C(=O)C4CC4)C3)c2c1. The smallest absolute Gasteiger partial charge is 0.225 e. The number of methoxy groups -OCH3 is 1. The minimum Gasteiger partial charge on any atom is -0.497 e. The molecule has 0 radical (unpaired) electrons. The summed E-state index contributed by atoms with van der Waals surface area (Å²) in [4.78, 5) is 19.8. The number of nitrogens with zero attached hydrogens (tertiary/aromatic N) is 3. The van der Waals surface area contributed by atoms with Gasteiger partial charge >= 0.3 is 0 Å². The van der Waals surface area contributed by atoms with Crippen molar-refractivity contribution in [2.45, 2.75) is 25.8 Å². The molecule has 1 aliphatic carbocycles. The summed E-state index contributed by atoms with van der Waals surface area (Å²) >= 11 is 0. The maximum Gasteiger partial charge on any atom is 0.225 e. The van der Waals surface area contributed by atoms with Crippen molar-refractivity contribution in [1.29, 1.82) is 0 Å². The molecule has 2 aliphatic rings. The van der Waals surface area contributed by atoms with Crippen molar-refractivity contribution in [2.75, 3.05) is 20.2 Å². The molecule has 0 N–H and O–H groups in total. The van der Waals surface area contributed by atoms with Crippen molar-refractivity contribution in [3.63, 3.8) is 0 Å². The van der Waals surface area contributed by atoms with E-state index in [1.165, 1.54) is 0 Å². The summed E-state index contributed by atoms with van der Waals surface area (Å²) in [6.45, 7) is 2.52. The lowest BCUT2D eigenvalue weighted by atomic mass is 10.0. The zero-order valence-corrected chi connectivity index (χ0v) is 20.9. The summed E-state index contributed by atoms with van der Waals surface area (Å²) in [5.41, 5.74) is 6.30. The zero-order valence-electron chi connectivity index (χ0n) is 20.9. The van der Waals surface area contributed by atoms with E-state index in [9.17, 15) is 4.79 Å². The predicted molar refractivity (Wildman–Crippen MR) is 144 cm³/mol. The molecule has 3 aromatic carbocycles. The highest BCUT2D eigenvalue weighted by atomic mass is 16.5. The molecule has 7 rings (SSSR count). The predicted octanol–water partition coefficient (Wildman–Crippen LogP) is 6.38. The van der Waals surface area contributed by atoms with E-state index in [2.05, 4.69) is 51.9 Å². The van der Waals surface area contributed by atoms with Crippen molar-refractivity contribution in [1.82, 2.24) is 14.5 Å². The first-order chi connectivity index (χ1) is 18.2. The van der Waals surface area contributed by atoms with Crippen LogP contribution >= 0.6 is 0 Å². The van der Waals surface area contributed by atoms with Crippen molar-refractivity contribution in [3.05, 3.63) is 73.0 Å². The Balaban J connectivity index is 1.22. The number of fused-ring (bicyclic) bond motifs is 2. The largest absolute Gasteiger partial charge is 0.497 e. The summed E-state index contributed by atoms with van der Waals surface area (Å²) in [6.07, 6.45) is 4.86. The summed E-state index contributed by atoms with van der Waals surface area (Å²) in [6, 6.07) is 23.0. The Labute approximate surface area is 215 Å². The van der Waals surface area contributed by atoms with Crippen molar-refractivity contribution < 1.29 is 13.9 Å². The number of likely N-dealkylation sites (tertiary alicyclic amines) is 1. The van der Waals surface area contributed by atoms with Crippen LogP contribution in [0.25, 0.3) is 44.5 Å². The molecular weight excluding hydrogens is 462 g/mol. The molecule has 0 bridgehead atoms. The first-order valence-electron chi connectivity index (χ1n) is 13.1. The molecule has 3 heterocycles. The Morgan fingerprint density at radius 1 is 0.973 bits per heavy atom. The molecule has 1 atom stereocenters. The van der Waals surface area contributed by atoms with Gasteiger partial charge < -0.3 is 18.6 Å².